The van der Waals surface area contributed by atoms with E-state index in [1.807, 2.05) is 43.5 Å². The minimum Gasteiger partial charge on any atom is -0.253 e. The van der Waals surface area contributed by atoms with Gasteiger partial charge in [0.15, 0.2) is 0 Å². The zero-order valence-electron chi connectivity index (χ0n) is 12.9. The summed E-state index contributed by atoms with van der Waals surface area (Å²) < 4.78 is 13.5. The van der Waals surface area contributed by atoms with Crippen molar-refractivity contribution in [1.29, 1.82) is 0 Å². The third-order valence-electron chi connectivity index (χ3n) is 3.39. The van der Waals surface area contributed by atoms with Gasteiger partial charge in [-0.05, 0) is 54.3 Å². The number of nitrogens with zero attached hydrogens (tertiary/aromatic N) is 2. The molecule has 2 aromatic carbocycles. The molecule has 1 N–H and O–H groups in total. The van der Waals surface area contributed by atoms with Crippen LogP contribution in [-0.2, 0) is 0 Å². The van der Waals surface area contributed by atoms with Crippen LogP contribution in [0.2, 0.25) is 0 Å². The first-order chi connectivity index (χ1) is 11.1. The molecule has 0 spiro atoms. The van der Waals surface area contributed by atoms with Crippen LogP contribution in [0.4, 0.5) is 9.52 Å². The first-order valence-electron chi connectivity index (χ1n) is 7.19. The van der Waals surface area contributed by atoms with E-state index in [1.165, 1.54) is 17.4 Å². The number of hydrogen-bond acceptors (Lipinski definition) is 4. The van der Waals surface area contributed by atoms with E-state index in [-0.39, 0.29) is 5.82 Å². The van der Waals surface area contributed by atoms with Gasteiger partial charge < -0.3 is 0 Å². The van der Waals surface area contributed by atoms with Gasteiger partial charge in [-0.3, -0.25) is 5.43 Å². The molecule has 5 heteroatoms. The molecule has 0 fully saturated rings. The van der Waals surface area contributed by atoms with Crippen LogP contribution in [0.3, 0.4) is 0 Å². The Labute approximate surface area is 138 Å². The van der Waals surface area contributed by atoms with E-state index in [0.717, 1.165) is 33.1 Å². The van der Waals surface area contributed by atoms with Crippen LogP contribution in [0, 0.1) is 19.7 Å². The summed E-state index contributed by atoms with van der Waals surface area (Å²) in [6, 6.07) is 12.7. The molecule has 0 saturated heterocycles. The lowest BCUT2D eigenvalue weighted by atomic mass is 9.99. The van der Waals surface area contributed by atoms with E-state index in [9.17, 15) is 4.39 Å². The molecule has 0 radical (unpaired) electrons. The molecule has 0 atom stereocenters. The van der Waals surface area contributed by atoms with Crippen LogP contribution in [-0.4, -0.2) is 11.2 Å². The molecule has 0 saturated carbocycles. The van der Waals surface area contributed by atoms with Crippen LogP contribution in [0.15, 0.2) is 52.9 Å². The van der Waals surface area contributed by atoms with Crippen LogP contribution in [0.5, 0.6) is 0 Å². The Morgan fingerprint density at radius 2 is 2.04 bits per heavy atom. The standard InChI is InChI=1S/C18H16FN3S/c1-12-6-7-16(19)9-17(12)15-5-3-4-14(8-15)10-20-22-18-21-13(2)11-23-18/h3-11H,1-2H3,(H,21,22). The second-order valence-electron chi connectivity index (χ2n) is 5.25. The molecular formula is C18H16FN3S. The van der Waals surface area contributed by atoms with E-state index in [4.69, 9.17) is 0 Å². The fourth-order valence-corrected chi connectivity index (χ4v) is 2.90. The number of aromatic nitrogens is 1. The largest absolute Gasteiger partial charge is 0.253 e. The highest BCUT2D eigenvalue weighted by molar-refractivity contribution is 7.13. The average molecular weight is 325 g/mol. The van der Waals surface area contributed by atoms with Crippen molar-refractivity contribution < 1.29 is 4.39 Å². The van der Waals surface area contributed by atoms with Gasteiger partial charge in [-0.25, -0.2) is 9.37 Å². The molecule has 3 aromatic rings. The number of halogens is 1. The summed E-state index contributed by atoms with van der Waals surface area (Å²) in [5.74, 6) is -0.231. The van der Waals surface area contributed by atoms with Gasteiger partial charge in [-0.2, -0.15) is 5.10 Å². The van der Waals surface area contributed by atoms with E-state index >= 15 is 0 Å². The Morgan fingerprint density at radius 3 is 2.83 bits per heavy atom. The highest BCUT2D eigenvalue weighted by Gasteiger charge is 2.04. The Kier molecular flexibility index (Phi) is 4.48. The summed E-state index contributed by atoms with van der Waals surface area (Å²) in [6.45, 7) is 3.91. The van der Waals surface area contributed by atoms with E-state index in [1.54, 1.807) is 18.3 Å². The van der Waals surface area contributed by atoms with Gasteiger partial charge in [0.05, 0.1) is 11.9 Å². The lowest BCUT2D eigenvalue weighted by Crippen LogP contribution is -1.91. The lowest BCUT2D eigenvalue weighted by molar-refractivity contribution is 0.628. The fraction of sp³-hybridized carbons (Fsp3) is 0.111. The molecule has 0 aliphatic heterocycles. The van der Waals surface area contributed by atoms with Crippen LogP contribution in [0.1, 0.15) is 16.8 Å². The normalized spacial score (nSPS) is 11.1. The van der Waals surface area contributed by atoms with Crippen molar-refractivity contribution in [2.24, 2.45) is 5.10 Å². The number of nitrogens with one attached hydrogen (secondary N) is 1. The summed E-state index contributed by atoms with van der Waals surface area (Å²) in [5, 5.41) is 6.92. The maximum Gasteiger partial charge on any atom is 0.203 e. The lowest BCUT2D eigenvalue weighted by Gasteiger charge is -2.07. The monoisotopic (exact) mass is 325 g/mol. The molecule has 3 rings (SSSR count). The number of rotatable bonds is 4. The number of thiazole rings is 1. The van der Waals surface area contributed by atoms with E-state index in [0.29, 0.717) is 0 Å². The van der Waals surface area contributed by atoms with Gasteiger partial charge in [0.2, 0.25) is 5.13 Å². The van der Waals surface area contributed by atoms with Crippen LogP contribution < -0.4 is 5.43 Å². The maximum atomic E-state index is 13.5. The van der Waals surface area contributed by atoms with Gasteiger partial charge in [-0.1, -0.05) is 24.3 Å². The molecule has 3 nitrogen and oxygen atoms in total. The highest BCUT2D eigenvalue weighted by Crippen LogP contribution is 2.24. The Bertz CT molecular complexity index is 855. The molecule has 0 aliphatic carbocycles. The predicted octanol–water partition coefficient (Wildman–Crippen LogP) is 5.01. The summed E-state index contributed by atoms with van der Waals surface area (Å²) in [5.41, 5.74) is 7.72. The molecule has 0 aliphatic rings. The van der Waals surface area contributed by atoms with Gasteiger partial charge in [0, 0.05) is 5.38 Å². The molecule has 0 unspecified atom stereocenters. The smallest absolute Gasteiger partial charge is 0.203 e. The van der Waals surface area contributed by atoms with Crippen LogP contribution in [0.25, 0.3) is 11.1 Å². The Hall–Kier alpha value is -2.53. The first-order valence-corrected chi connectivity index (χ1v) is 8.07. The molecule has 23 heavy (non-hydrogen) atoms. The zero-order chi connectivity index (χ0) is 16.2. The summed E-state index contributed by atoms with van der Waals surface area (Å²) in [6.07, 6.45) is 1.73. The number of anilines is 1. The van der Waals surface area contributed by atoms with Gasteiger partial charge in [0.25, 0.3) is 0 Å². The number of aryl methyl sites for hydroxylation is 2. The van der Waals surface area contributed by atoms with E-state index < -0.39 is 0 Å². The predicted molar refractivity (Wildman–Crippen MR) is 94.6 cm³/mol. The second kappa shape index (κ2) is 6.71. The van der Waals surface area contributed by atoms with Crippen molar-refractivity contribution in [3.05, 3.63) is 70.5 Å². The SMILES string of the molecule is Cc1csc(NN=Cc2cccc(-c3cc(F)ccc3C)c2)n1. The van der Waals surface area contributed by atoms with Gasteiger partial charge in [0.1, 0.15) is 5.82 Å². The molecule has 0 amide bonds. The zero-order valence-corrected chi connectivity index (χ0v) is 13.7. The molecule has 1 aromatic heterocycles. The number of hydrazone groups is 1. The molecule has 116 valence electrons. The third kappa shape index (κ3) is 3.81. The number of hydrogen-bond donors (Lipinski definition) is 1. The Morgan fingerprint density at radius 1 is 1.17 bits per heavy atom. The second-order valence-corrected chi connectivity index (χ2v) is 6.11. The quantitative estimate of drug-likeness (QED) is 0.540. The van der Waals surface area contributed by atoms with Crippen molar-refractivity contribution in [2.75, 3.05) is 5.43 Å². The van der Waals surface area contributed by atoms with Crippen molar-refractivity contribution in [1.82, 2.24) is 4.98 Å². The maximum absolute atomic E-state index is 13.5. The molecular weight excluding hydrogens is 309 g/mol. The summed E-state index contributed by atoms with van der Waals surface area (Å²) >= 11 is 1.51. The van der Waals surface area contributed by atoms with Crippen molar-refractivity contribution >= 4 is 22.7 Å². The van der Waals surface area contributed by atoms with Crippen LogP contribution >= 0.6 is 11.3 Å². The number of benzene rings is 2. The van der Waals surface area contributed by atoms with Crippen molar-refractivity contribution in [3.8, 4) is 11.1 Å². The van der Waals surface area contributed by atoms with Crippen molar-refractivity contribution in [2.45, 2.75) is 13.8 Å². The third-order valence-corrected chi connectivity index (χ3v) is 4.25. The minimum atomic E-state index is -0.231. The van der Waals surface area contributed by atoms with Crippen molar-refractivity contribution in [3.63, 3.8) is 0 Å². The molecule has 1 heterocycles. The summed E-state index contributed by atoms with van der Waals surface area (Å²) in [7, 11) is 0. The van der Waals surface area contributed by atoms with Gasteiger partial charge >= 0.3 is 0 Å². The molecule has 0 bridgehead atoms. The Balaban J connectivity index is 1.81. The average Bonchev–Trinajstić information content (AvgIpc) is 2.95. The minimum absolute atomic E-state index is 0.231. The van der Waals surface area contributed by atoms with Gasteiger partial charge in [-0.15, -0.1) is 11.3 Å². The van der Waals surface area contributed by atoms with E-state index in [2.05, 4.69) is 15.5 Å². The highest BCUT2D eigenvalue weighted by atomic mass is 32.1. The topological polar surface area (TPSA) is 37.3 Å². The fourth-order valence-electron chi connectivity index (χ4n) is 2.26. The first kappa shape index (κ1) is 15.4. The summed E-state index contributed by atoms with van der Waals surface area (Å²) in [4.78, 5) is 4.28.